The van der Waals surface area contributed by atoms with Crippen LogP contribution in [0.25, 0.3) is 0 Å². The van der Waals surface area contributed by atoms with Crippen molar-refractivity contribution >= 4 is 5.69 Å². The second-order valence-corrected chi connectivity index (χ2v) is 3.73. The number of aliphatic hydroxyl groups excluding tert-OH is 1. The maximum absolute atomic E-state index is 10.7. The van der Waals surface area contributed by atoms with Gasteiger partial charge in [-0.1, -0.05) is 0 Å². The van der Waals surface area contributed by atoms with E-state index in [0.29, 0.717) is 11.3 Å². The lowest BCUT2D eigenvalue weighted by Crippen LogP contribution is -1.97. The minimum Gasteiger partial charge on any atom is -0.493 e. The smallest absolute Gasteiger partial charge is 0.322 e. The van der Waals surface area contributed by atoms with Gasteiger partial charge >= 0.3 is 6.01 Å². The molecule has 0 amide bonds. The summed E-state index contributed by atoms with van der Waals surface area (Å²) in [7, 11) is 1.42. The van der Waals surface area contributed by atoms with Crippen LogP contribution in [0.5, 0.6) is 17.5 Å². The molecule has 0 bridgehead atoms. The molecule has 2 rings (SSSR count). The number of nitro benzene ring substituents is 1. The number of rotatable bonds is 5. The number of methoxy groups -OCH3 is 1. The molecule has 8 nitrogen and oxygen atoms in total. The topological polar surface area (TPSA) is 108 Å². The minimum atomic E-state index is -0.540. The van der Waals surface area contributed by atoms with Gasteiger partial charge in [0, 0.05) is 24.0 Å². The Morgan fingerprint density at radius 1 is 1.30 bits per heavy atom. The van der Waals surface area contributed by atoms with Gasteiger partial charge in [0.05, 0.1) is 24.7 Å². The number of nitro groups is 1. The Morgan fingerprint density at radius 2 is 2.00 bits per heavy atom. The standard InChI is InChI=1S/C12H11N3O5/c1-19-10-3-2-9(15(17)18)4-11(10)20-12-13-5-8(7-16)6-14-12/h2-6,16H,7H2,1H3. The van der Waals surface area contributed by atoms with E-state index < -0.39 is 4.92 Å². The lowest BCUT2D eigenvalue weighted by atomic mass is 10.3. The first-order chi connectivity index (χ1) is 9.63. The molecule has 1 aromatic heterocycles. The van der Waals surface area contributed by atoms with Crippen LogP contribution in [0.1, 0.15) is 5.56 Å². The zero-order valence-corrected chi connectivity index (χ0v) is 10.5. The molecular formula is C12H11N3O5. The fourth-order valence-electron chi connectivity index (χ4n) is 1.43. The second kappa shape index (κ2) is 5.93. The van der Waals surface area contributed by atoms with Gasteiger partial charge in [0.2, 0.25) is 0 Å². The first kappa shape index (κ1) is 13.7. The van der Waals surface area contributed by atoms with Gasteiger partial charge in [-0.25, -0.2) is 9.97 Å². The van der Waals surface area contributed by atoms with E-state index in [0.717, 1.165) is 0 Å². The van der Waals surface area contributed by atoms with Crippen molar-refractivity contribution in [3.8, 4) is 17.5 Å². The first-order valence-corrected chi connectivity index (χ1v) is 5.56. The zero-order valence-electron chi connectivity index (χ0n) is 10.5. The largest absolute Gasteiger partial charge is 0.493 e. The van der Waals surface area contributed by atoms with E-state index in [1.807, 2.05) is 0 Å². The Kier molecular flexibility index (Phi) is 4.06. The van der Waals surface area contributed by atoms with Gasteiger partial charge in [0.15, 0.2) is 11.5 Å². The molecule has 0 aliphatic rings. The highest BCUT2D eigenvalue weighted by atomic mass is 16.6. The summed E-state index contributed by atoms with van der Waals surface area (Å²) in [6, 6.07) is 3.96. The van der Waals surface area contributed by atoms with E-state index in [9.17, 15) is 10.1 Å². The van der Waals surface area contributed by atoms with Crippen LogP contribution in [0.15, 0.2) is 30.6 Å². The summed E-state index contributed by atoms with van der Waals surface area (Å²) in [5.41, 5.74) is 0.399. The van der Waals surface area contributed by atoms with Crippen LogP contribution in [-0.2, 0) is 6.61 Å². The van der Waals surface area contributed by atoms with Gasteiger partial charge in [-0.05, 0) is 6.07 Å². The molecule has 0 aliphatic carbocycles. The highest BCUT2D eigenvalue weighted by Gasteiger charge is 2.14. The molecule has 0 unspecified atom stereocenters. The molecule has 20 heavy (non-hydrogen) atoms. The molecule has 0 atom stereocenters. The molecule has 0 aliphatic heterocycles. The van der Waals surface area contributed by atoms with Crippen LogP contribution in [0, 0.1) is 10.1 Å². The SMILES string of the molecule is COc1ccc([N+](=O)[O-])cc1Oc1ncc(CO)cn1. The number of hydrogen-bond acceptors (Lipinski definition) is 7. The van der Waals surface area contributed by atoms with Crippen molar-refractivity contribution in [2.75, 3.05) is 7.11 Å². The molecule has 1 N–H and O–H groups in total. The van der Waals surface area contributed by atoms with Gasteiger partial charge in [-0.15, -0.1) is 0 Å². The Morgan fingerprint density at radius 3 is 2.55 bits per heavy atom. The molecule has 0 spiro atoms. The van der Waals surface area contributed by atoms with Gasteiger partial charge < -0.3 is 14.6 Å². The molecule has 2 aromatic rings. The number of ether oxygens (including phenoxy) is 2. The quantitative estimate of drug-likeness (QED) is 0.654. The lowest BCUT2D eigenvalue weighted by Gasteiger charge is -2.08. The number of nitrogens with zero attached hydrogens (tertiary/aromatic N) is 3. The predicted molar refractivity (Wildman–Crippen MR) is 67.7 cm³/mol. The van der Waals surface area contributed by atoms with Crippen molar-refractivity contribution in [1.29, 1.82) is 0 Å². The molecule has 8 heteroatoms. The molecule has 1 aromatic carbocycles. The average molecular weight is 277 g/mol. The van der Waals surface area contributed by atoms with Crippen LogP contribution >= 0.6 is 0 Å². The fourth-order valence-corrected chi connectivity index (χ4v) is 1.43. The third kappa shape index (κ3) is 2.98. The summed E-state index contributed by atoms with van der Waals surface area (Å²) < 4.78 is 10.4. The number of aliphatic hydroxyl groups is 1. The predicted octanol–water partition coefficient (Wildman–Crippen LogP) is 1.68. The van der Waals surface area contributed by atoms with E-state index in [2.05, 4.69) is 9.97 Å². The summed E-state index contributed by atoms with van der Waals surface area (Å²) >= 11 is 0. The minimum absolute atomic E-state index is 0.000924. The third-order valence-corrected chi connectivity index (χ3v) is 2.42. The molecule has 0 fully saturated rings. The molecule has 104 valence electrons. The number of hydrogen-bond donors (Lipinski definition) is 1. The van der Waals surface area contributed by atoms with Crippen LogP contribution in [0.3, 0.4) is 0 Å². The van der Waals surface area contributed by atoms with E-state index in [1.165, 1.54) is 37.7 Å². The van der Waals surface area contributed by atoms with Gasteiger partial charge in [-0.2, -0.15) is 0 Å². The van der Waals surface area contributed by atoms with E-state index >= 15 is 0 Å². The van der Waals surface area contributed by atoms with Crippen molar-refractivity contribution in [1.82, 2.24) is 9.97 Å². The van der Waals surface area contributed by atoms with Crippen LogP contribution < -0.4 is 9.47 Å². The maximum Gasteiger partial charge on any atom is 0.322 e. The Balaban J connectivity index is 2.30. The summed E-state index contributed by atoms with van der Waals surface area (Å²) in [6.07, 6.45) is 2.79. The Labute approximate surface area is 113 Å². The second-order valence-electron chi connectivity index (χ2n) is 3.73. The first-order valence-electron chi connectivity index (χ1n) is 5.56. The van der Waals surface area contributed by atoms with Crippen molar-refractivity contribution in [3.63, 3.8) is 0 Å². The number of benzene rings is 1. The molecule has 1 heterocycles. The molecular weight excluding hydrogens is 266 g/mol. The number of non-ortho nitro benzene ring substituents is 1. The third-order valence-electron chi connectivity index (χ3n) is 2.42. The van der Waals surface area contributed by atoms with Crippen molar-refractivity contribution in [2.24, 2.45) is 0 Å². The number of aromatic nitrogens is 2. The Bertz CT molecular complexity index is 615. The van der Waals surface area contributed by atoms with Gasteiger partial charge in [-0.3, -0.25) is 10.1 Å². The van der Waals surface area contributed by atoms with E-state index in [-0.39, 0.29) is 24.1 Å². The monoisotopic (exact) mass is 277 g/mol. The summed E-state index contributed by atoms with van der Waals surface area (Å²) in [4.78, 5) is 18.0. The van der Waals surface area contributed by atoms with Gasteiger partial charge in [0.1, 0.15) is 0 Å². The van der Waals surface area contributed by atoms with Crippen LogP contribution in [-0.4, -0.2) is 27.1 Å². The zero-order chi connectivity index (χ0) is 14.5. The summed E-state index contributed by atoms with van der Waals surface area (Å²) in [5, 5.41) is 19.6. The molecule has 0 saturated carbocycles. The summed E-state index contributed by atoms with van der Waals surface area (Å²) in [6.45, 7) is -0.180. The van der Waals surface area contributed by atoms with Crippen LogP contribution in [0.4, 0.5) is 5.69 Å². The highest BCUT2D eigenvalue weighted by molar-refractivity contribution is 5.49. The van der Waals surface area contributed by atoms with E-state index in [4.69, 9.17) is 14.6 Å². The lowest BCUT2D eigenvalue weighted by molar-refractivity contribution is -0.384. The molecule has 0 saturated heterocycles. The average Bonchev–Trinajstić information content (AvgIpc) is 2.48. The van der Waals surface area contributed by atoms with Gasteiger partial charge in [0.25, 0.3) is 5.69 Å². The fraction of sp³-hybridized carbons (Fsp3) is 0.167. The van der Waals surface area contributed by atoms with Crippen molar-refractivity contribution in [3.05, 3.63) is 46.3 Å². The maximum atomic E-state index is 10.7. The molecule has 0 radical (unpaired) electrons. The van der Waals surface area contributed by atoms with Crippen molar-refractivity contribution < 1.29 is 19.5 Å². The Hall–Kier alpha value is -2.74. The van der Waals surface area contributed by atoms with Crippen molar-refractivity contribution in [2.45, 2.75) is 6.61 Å². The van der Waals surface area contributed by atoms with Crippen LogP contribution in [0.2, 0.25) is 0 Å². The highest BCUT2D eigenvalue weighted by Crippen LogP contribution is 2.33. The normalized spacial score (nSPS) is 10.1. The van der Waals surface area contributed by atoms with E-state index in [1.54, 1.807) is 0 Å². The summed E-state index contributed by atoms with van der Waals surface area (Å²) in [5.74, 6) is 0.462.